The maximum atomic E-state index is 4.48. The Hall–Kier alpha value is -0.950. The van der Waals surface area contributed by atoms with Crippen LogP contribution in [0, 0.1) is 3.57 Å². The first-order valence-electron chi connectivity index (χ1n) is 5.13. The van der Waals surface area contributed by atoms with Gasteiger partial charge in [-0.2, -0.15) is 5.10 Å². The van der Waals surface area contributed by atoms with Crippen LogP contribution in [0.4, 0.5) is 5.13 Å². The number of benzene rings is 1. The largest absolute Gasteiger partial charge is 0.253 e. The predicted molar refractivity (Wildman–Crippen MR) is 82.7 cm³/mol. The summed E-state index contributed by atoms with van der Waals surface area (Å²) in [4.78, 5) is 4.48. The highest BCUT2D eigenvalue weighted by Gasteiger charge is 2.03. The molecule has 0 aliphatic carbocycles. The van der Waals surface area contributed by atoms with E-state index in [9.17, 15) is 0 Å². The van der Waals surface area contributed by atoms with E-state index in [0.717, 1.165) is 22.1 Å². The molecular formula is C12H12IN3S. The fourth-order valence-electron chi connectivity index (χ4n) is 1.24. The minimum atomic E-state index is 0.819. The van der Waals surface area contributed by atoms with Crippen LogP contribution < -0.4 is 5.43 Å². The molecule has 0 saturated carbocycles. The van der Waals surface area contributed by atoms with Gasteiger partial charge in [0.05, 0.1) is 5.69 Å². The summed E-state index contributed by atoms with van der Waals surface area (Å²) in [6, 6.07) is 8.32. The van der Waals surface area contributed by atoms with E-state index >= 15 is 0 Å². The van der Waals surface area contributed by atoms with Gasteiger partial charge < -0.3 is 0 Å². The molecule has 17 heavy (non-hydrogen) atoms. The van der Waals surface area contributed by atoms with Gasteiger partial charge in [0.1, 0.15) is 0 Å². The van der Waals surface area contributed by atoms with Crippen molar-refractivity contribution in [2.75, 3.05) is 5.43 Å². The molecule has 0 aliphatic rings. The third kappa shape index (κ3) is 3.50. The summed E-state index contributed by atoms with van der Waals surface area (Å²) in [5.74, 6) is 0. The summed E-state index contributed by atoms with van der Waals surface area (Å²) < 4.78 is 1.23. The van der Waals surface area contributed by atoms with Gasteiger partial charge in [-0.15, -0.1) is 11.3 Å². The van der Waals surface area contributed by atoms with Crippen molar-refractivity contribution in [3.05, 3.63) is 33.2 Å². The Kier molecular flexibility index (Phi) is 4.11. The lowest BCUT2D eigenvalue weighted by Crippen LogP contribution is -1.92. The van der Waals surface area contributed by atoms with Gasteiger partial charge in [0.2, 0.25) is 5.13 Å². The number of thiazole rings is 1. The molecule has 88 valence electrons. The topological polar surface area (TPSA) is 37.3 Å². The summed E-state index contributed by atoms with van der Waals surface area (Å²) in [6.45, 7) is 3.89. The van der Waals surface area contributed by atoms with Crippen LogP contribution in [-0.4, -0.2) is 10.7 Å². The number of hydrazone groups is 1. The lowest BCUT2D eigenvalue weighted by atomic mass is 10.2. The number of nitrogens with one attached hydrogen (secondary N) is 1. The molecule has 3 nitrogen and oxygen atoms in total. The third-order valence-corrected chi connectivity index (χ3v) is 3.49. The van der Waals surface area contributed by atoms with Gasteiger partial charge in [-0.3, -0.25) is 5.43 Å². The van der Waals surface area contributed by atoms with E-state index in [1.165, 1.54) is 3.57 Å². The number of hydrogen-bond donors (Lipinski definition) is 1. The number of aromatic nitrogens is 1. The van der Waals surface area contributed by atoms with E-state index in [1.807, 2.05) is 19.2 Å². The molecule has 0 radical (unpaired) electrons. The monoisotopic (exact) mass is 357 g/mol. The second kappa shape index (κ2) is 5.59. The highest BCUT2D eigenvalue weighted by atomic mass is 127. The van der Waals surface area contributed by atoms with Gasteiger partial charge in [0, 0.05) is 20.2 Å². The standard InChI is InChI=1S/C12H12IN3S/c1-8(2)15-16-12-14-11(7-17-12)9-3-5-10(13)6-4-9/h3-7H,1-2H3,(H,14,16). The molecule has 0 saturated heterocycles. The average molecular weight is 357 g/mol. The van der Waals surface area contributed by atoms with Gasteiger partial charge >= 0.3 is 0 Å². The summed E-state index contributed by atoms with van der Waals surface area (Å²) in [6.07, 6.45) is 0. The molecule has 1 N–H and O–H groups in total. The molecule has 1 aromatic heterocycles. The van der Waals surface area contributed by atoms with Gasteiger partial charge in [-0.1, -0.05) is 12.1 Å². The Morgan fingerprint density at radius 3 is 2.65 bits per heavy atom. The van der Waals surface area contributed by atoms with Crippen LogP contribution in [0.15, 0.2) is 34.7 Å². The molecule has 2 rings (SSSR count). The molecule has 0 fully saturated rings. The number of halogens is 1. The van der Waals surface area contributed by atoms with Crippen LogP contribution in [-0.2, 0) is 0 Å². The van der Waals surface area contributed by atoms with E-state index in [-0.39, 0.29) is 0 Å². The Morgan fingerprint density at radius 1 is 1.29 bits per heavy atom. The number of rotatable bonds is 3. The predicted octanol–water partition coefficient (Wildman–Crippen LogP) is 4.22. The zero-order valence-electron chi connectivity index (χ0n) is 9.57. The fraction of sp³-hybridized carbons (Fsp3) is 0.167. The van der Waals surface area contributed by atoms with Crippen LogP contribution in [0.3, 0.4) is 0 Å². The number of nitrogens with zero attached hydrogens (tertiary/aromatic N) is 2. The van der Waals surface area contributed by atoms with Gasteiger partial charge in [0.25, 0.3) is 0 Å². The van der Waals surface area contributed by atoms with Gasteiger partial charge in [-0.05, 0) is 48.6 Å². The first-order valence-corrected chi connectivity index (χ1v) is 7.09. The van der Waals surface area contributed by atoms with E-state index < -0.39 is 0 Å². The van der Waals surface area contributed by atoms with Crippen molar-refractivity contribution in [1.29, 1.82) is 0 Å². The summed E-state index contributed by atoms with van der Waals surface area (Å²) in [5.41, 5.74) is 6.04. The Labute approximate surface area is 118 Å². The maximum absolute atomic E-state index is 4.48. The molecule has 1 aromatic carbocycles. The quantitative estimate of drug-likeness (QED) is 0.507. The molecular weight excluding hydrogens is 345 g/mol. The van der Waals surface area contributed by atoms with Crippen molar-refractivity contribution in [2.24, 2.45) is 5.10 Å². The zero-order chi connectivity index (χ0) is 12.3. The minimum absolute atomic E-state index is 0.819. The van der Waals surface area contributed by atoms with Crippen molar-refractivity contribution >= 4 is 44.8 Å². The smallest absolute Gasteiger partial charge is 0.203 e. The molecule has 0 spiro atoms. The van der Waals surface area contributed by atoms with Crippen molar-refractivity contribution in [3.8, 4) is 11.3 Å². The molecule has 0 unspecified atom stereocenters. The number of anilines is 1. The van der Waals surface area contributed by atoms with Crippen LogP contribution in [0.5, 0.6) is 0 Å². The van der Waals surface area contributed by atoms with Crippen molar-refractivity contribution < 1.29 is 0 Å². The maximum Gasteiger partial charge on any atom is 0.203 e. The lowest BCUT2D eigenvalue weighted by Gasteiger charge is -1.97. The normalized spacial score (nSPS) is 10.1. The number of hydrogen-bond acceptors (Lipinski definition) is 4. The Bertz CT molecular complexity index is 527. The Balaban J connectivity index is 2.18. The van der Waals surface area contributed by atoms with Crippen LogP contribution in [0.25, 0.3) is 11.3 Å². The second-order valence-electron chi connectivity index (χ2n) is 3.72. The molecule has 1 heterocycles. The first kappa shape index (κ1) is 12.5. The van der Waals surface area contributed by atoms with Crippen LogP contribution in [0.2, 0.25) is 0 Å². The van der Waals surface area contributed by atoms with E-state index in [0.29, 0.717) is 0 Å². The fourth-order valence-corrected chi connectivity index (χ4v) is 2.26. The highest BCUT2D eigenvalue weighted by molar-refractivity contribution is 14.1. The molecule has 2 aromatic rings. The van der Waals surface area contributed by atoms with E-state index in [4.69, 9.17) is 0 Å². The average Bonchev–Trinajstić information content (AvgIpc) is 2.76. The van der Waals surface area contributed by atoms with E-state index in [1.54, 1.807) is 11.3 Å². The second-order valence-corrected chi connectivity index (χ2v) is 5.82. The lowest BCUT2D eigenvalue weighted by molar-refractivity contribution is 1.27. The van der Waals surface area contributed by atoms with Crippen molar-refractivity contribution in [1.82, 2.24) is 4.98 Å². The minimum Gasteiger partial charge on any atom is -0.253 e. The molecule has 0 amide bonds. The van der Waals surface area contributed by atoms with Gasteiger partial charge in [-0.25, -0.2) is 4.98 Å². The van der Waals surface area contributed by atoms with Crippen molar-refractivity contribution in [2.45, 2.75) is 13.8 Å². The first-order chi connectivity index (χ1) is 8.15. The van der Waals surface area contributed by atoms with Crippen LogP contribution in [0.1, 0.15) is 13.8 Å². The Morgan fingerprint density at radius 2 is 2.00 bits per heavy atom. The highest BCUT2D eigenvalue weighted by Crippen LogP contribution is 2.25. The summed E-state index contributed by atoms with van der Waals surface area (Å²) >= 11 is 3.85. The van der Waals surface area contributed by atoms with Gasteiger partial charge in [0.15, 0.2) is 0 Å². The SMILES string of the molecule is CC(C)=NNc1nc(-c2ccc(I)cc2)cs1. The molecule has 0 aliphatic heterocycles. The van der Waals surface area contributed by atoms with E-state index in [2.05, 4.69) is 62.4 Å². The van der Waals surface area contributed by atoms with Crippen LogP contribution >= 0.6 is 33.9 Å². The van der Waals surface area contributed by atoms with Crippen molar-refractivity contribution in [3.63, 3.8) is 0 Å². The summed E-state index contributed by atoms with van der Waals surface area (Å²) in [5, 5.41) is 6.98. The summed E-state index contributed by atoms with van der Waals surface area (Å²) in [7, 11) is 0. The molecule has 0 atom stereocenters. The third-order valence-electron chi connectivity index (χ3n) is 2.02. The molecule has 0 bridgehead atoms. The zero-order valence-corrected chi connectivity index (χ0v) is 12.5. The molecule has 5 heteroatoms.